The van der Waals surface area contributed by atoms with Crippen LogP contribution in [0.2, 0.25) is 0 Å². The van der Waals surface area contributed by atoms with Gasteiger partial charge in [-0.2, -0.15) is 4.98 Å². The first-order valence-corrected chi connectivity index (χ1v) is 8.97. The summed E-state index contributed by atoms with van der Waals surface area (Å²) in [5, 5.41) is 3.84. The molecule has 0 radical (unpaired) electrons. The highest BCUT2D eigenvalue weighted by molar-refractivity contribution is 5.89. The average Bonchev–Trinajstić information content (AvgIpc) is 3.18. The van der Waals surface area contributed by atoms with Gasteiger partial charge in [0.25, 0.3) is 0 Å². The van der Waals surface area contributed by atoms with Crippen molar-refractivity contribution in [1.29, 1.82) is 0 Å². The minimum atomic E-state index is -0.154. The number of carbonyl (C=O) groups excluding carboxylic acids is 2. The maximum absolute atomic E-state index is 12.7. The van der Waals surface area contributed by atoms with Crippen LogP contribution in [0.15, 0.2) is 4.52 Å². The molecular formula is C17H24N4O3. The maximum Gasteiger partial charge on any atom is 0.229 e. The van der Waals surface area contributed by atoms with Crippen molar-refractivity contribution >= 4 is 11.8 Å². The number of hydrogen-bond acceptors (Lipinski definition) is 5. The van der Waals surface area contributed by atoms with Gasteiger partial charge < -0.3 is 14.3 Å². The molecular weight excluding hydrogens is 308 g/mol. The standard InChI is InChI=1S/C17H24N4O3/c1-11-18-16(24-19-11)13-4-6-20(7-5-13)17(23)14-8-15(22)21(10-14)9-12-2-3-12/h12-14H,2-10H2,1H3/t14-/m0/s1. The number of hydrogen-bond donors (Lipinski definition) is 0. The van der Waals surface area contributed by atoms with Crippen LogP contribution >= 0.6 is 0 Å². The zero-order chi connectivity index (χ0) is 16.7. The number of piperidine rings is 1. The summed E-state index contributed by atoms with van der Waals surface area (Å²) in [7, 11) is 0. The summed E-state index contributed by atoms with van der Waals surface area (Å²) < 4.78 is 5.25. The molecule has 0 unspecified atom stereocenters. The molecule has 7 heteroatoms. The molecule has 2 saturated heterocycles. The lowest BCUT2D eigenvalue weighted by Gasteiger charge is -2.32. The highest BCUT2D eigenvalue weighted by Crippen LogP contribution is 2.33. The van der Waals surface area contributed by atoms with E-state index in [-0.39, 0.29) is 23.7 Å². The van der Waals surface area contributed by atoms with E-state index in [0.717, 1.165) is 19.4 Å². The van der Waals surface area contributed by atoms with Gasteiger partial charge in [-0.3, -0.25) is 9.59 Å². The van der Waals surface area contributed by atoms with Crippen LogP contribution in [0.25, 0.3) is 0 Å². The normalized spacial score (nSPS) is 25.5. The number of likely N-dealkylation sites (tertiary alicyclic amines) is 2. The Labute approximate surface area is 141 Å². The molecule has 2 aliphatic heterocycles. The second kappa shape index (κ2) is 6.18. The van der Waals surface area contributed by atoms with E-state index in [0.29, 0.717) is 43.7 Å². The van der Waals surface area contributed by atoms with Crippen molar-refractivity contribution in [3.63, 3.8) is 0 Å². The second-order valence-corrected chi connectivity index (χ2v) is 7.42. The van der Waals surface area contributed by atoms with E-state index in [1.807, 2.05) is 16.7 Å². The molecule has 3 fully saturated rings. The third-order valence-corrected chi connectivity index (χ3v) is 5.44. The quantitative estimate of drug-likeness (QED) is 0.831. The van der Waals surface area contributed by atoms with Gasteiger partial charge in [0.2, 0.25) is 17.7 Å². The largest absolute Gasteiger partial charge is 0.342 e. The van der Waals surface area contributed by atoms with Crippen LogP contribution in [0.3, 0.4) is 0 Å². The first-order valence-electron chi connectivity index (χ1n) is 8.97. The van der Waals surface area contributed by atoms with Crippen LogP contribution in [0.1, 0.15) is 49.7 Å². The van der Waals surface area contributed by atoms with E-state index >= 15 is 0 Å². The molecule has 3 aliphatic rings. The molecule has 4 rings (SSSR count). The minimum Gasteiger partial charge on any atom is -0.342 e. The molecule has 1 aliphatic carbocycles. The maximum atomic E-state index is 12.7. The molecule has 130 valence electrons. The van der Waals surface area contributed by atoms with Crippen LogP contribution < -0.4 is 0 Å². The van der Waals surface area contributed by atoms with E-state index in [4.69, 9.17) is 4.52 Å². The second-order valence-electron chi connectivity index (χ2n) is 7.42. The number of rotatable bonds is 4. The fraction of sp³-hybridized carbons (Fsp3) is 0.765. The summed E-state index contributed by atoms with van der Waals surface area (Å²) >= 11 is 0. The molecule has 3 heterocycles. The predicted octanol–water partition coefficient (Wildman–Crippen LogP) is 1.34. The van der Waals surface area contributed by atoms with E-state index in [9.17, 15) is 9.59 Å². The topological polar surface area (TPSA) is 79.5 Å². The zero-order valence-electron chi connectivity index (χ0n) is 14.1. The highest BCUT2D eigenvalue weighted by Gasteiger charge is 2.39. The fourth-order valence-corrected chi connectivity index (χ4v) is 3.81. The van der Waals surface area contributed by atoms with Gasteiger partial charge in [0.05, 0.1) is 5.92 Å². The van der Waals surface area contributed by atoms with Crippen molar-refractivity contribution < 1.29 is 14.1 Å². The van der Waals surface area contributed by atoms with E-state index in [1.54, 1.807) is 0 Å². The Hall–Kier alpha value is -1.92. The molecule has 1 aromatic rings. The Morgan fingerprint density at radius 2 is 2.00 bits per heavy atom. The first-order chi connectivity index (χ1) is 11.6. The lowest BCUT2D eigenvalue weighted by Crippen LogP contribution is -2.42. The van der Waals surface area contributed by atoms with Crippen molar-refractivity contribution in [3.8, 4) is 0 Å². The third kappa shape index (κ3) is 3.16. The van der Waals surface area contributed by atoms with Crippen LogP contribution in [-0.2, 0) is 9.59 Å². The van der Waals surface area contributed by atoms with Crippen molar-refractivity contribution in [2.75, 3.05) is 26.2 Å². The van der Waals surface area contributed by atoms with Crippen LogP contribution in [0, 0.1) is 18.8 Å². The lowest BCUT2D eigenvalue weighted by atomic mass is 9.95. The van der Waals surface area contributed by atoms with E-state index in [2.05, 4.69) is 10.1 Å². The van der Waals surface area contributed by atoms with Gasteiger partial charge >= 0.3 is 0 Å². The highest BCUT2D eigenvalue weighted by atomic mass is 16.5. The fourth-order valence-electron chi connectivity index (χ4n) is 3.81. The Kier molecular flexibility index (Phi) is 4.02. The molecule has 24 heavy (non-hydrogen) atoms. The van der Waals surface area contributed by atoms with Crippen LogP contribution in [0.5, 0.6) is 0 Å². The molecule has 0 spiro atoms. The number of nitrogens with zero attached hydrogens (tertiary/aromatic N) is 4. The molecule has 0 aromatic carbocycles. The summed E-state index contributed by atoms with van der Waals surface area (Å²) in [6, 6.07) is 0. The summed E-state index contributed by atoms with van der Waals surface area (Å²) in [4.78, 5) is 33.0. The van der Waals surface area contributed by atoms with Gasteiger partial charge in [-0.05, 0) is 38.5 Å². The van der Waals surface area contributed by atoms with Crippen molar-refractivity contribution in [2.45, 2.75) is 44.9 Å². The summed E-state index contributed by atoms with van der Waals surface area (Å²) in [6.07, 6.45) is 4.53. The number of carbonyl (C=O) groups is 2. The number of aromatic nitrogens is 2. The number of aryl methyl sites for hydroxylation is 1. The molecule has 0 N–H and O–H groups in total. The summed E-state index contributed by atoms with van der Waals surface area (Å²) in [6.45, 7) is 4.69. The molecule has 0 bridgehead atoms. The molecule has 1 atom stereocenters. The first kappa shape index (κ1) is 15.6. The van der Waals surface area contributed by atoms with Gasteiger partial charge in [0, 0.05) is 38.5 Å². The van der Waals surface area contributed by atoms with Crippen molar-refractivity contribution in [3.05, 3.63) is 11.7 Å². The Morgan fingerprint density at radius 1 is 1.25 bits per heavy atom. The van der Waals surface area contributed by atoms with Crippen LogP contribution in [0.4, 0.5) is 0 Å². The zero-order valence-corrected chi connectivity index (χ0v) is 14.1. The molecule has 1 aromatic heterocycles. The Morgan fingerprint density at radius 3 is 2.62 bits per heavy atom. The third-order valence-electron chi connectivity index (χ3n) is 5.44. The van der Waals surface area contributed by atoms with E-state index < -0.39 is 0 Å². The summed E-state index contributed by atoms with van der Waals surface area (Å²) in [5.41, 5.74) is 0. The van der Waals surface area contributed by atoms with Gasteiger partial charge in [0.1, 0.15) is 0 Å². The van der Waals surface area contributed by atoms with Gasteiger partial charge in [-0.15, -0.1) is 0 Å². The Bertz CT molecular complexity index is 632. The van der Waals surface area contributed by atoms with Gasteiger partial charge in [0.15, 0.2) is 5.82 Å². The summed E-state index contributed by atoms with van der Waals surface area (Å²) in [5.74, 6) is 2.40. The van der Waals surface area contributed by atoms with E-state index in [1.165, 1.54) is 12.8 Å². The van der Waals surface area contributed by atoms with Crippen molar-refractivity contribution in [2.24, 2.45) is 11.8 Å². The lowest BCUT2D eigenvalue weighted by molar-refractivity contribution is -0.136. The number of amides is 2. The molecule has 1 saturated carbocycles. The molecule has 2 amide bonds. The van der Waals surface area contributed by atoms with Crippen molar-refractivity contribution in [1.82, 2.24) is 19.9 Å². The monoisotopic (exact) mass is 332 g/mol. The van der Waals surface area contributed by atoms with Crippen LogP contribution in [-0.4, -0.2) is 57.9 Å². The molecule has 7 nitrogen and oxygen atoms in total. The SMILES string of the molecule is Cc1noc(C2CCN(C(=O)[C@H]3CC(=O)N(CC4CC4)C3)CC2)n1. The minimum absolute atomic E-state index is 0.141. The van der Waals surface area contributed by atoms with Gasteiger partial charge in [-0.1, -0.05) is 5.16 Å². The average molecular weight is 332 g/mol. The Balaban J connectivity index is 1.30. The van der Waals surface area contributed by atoms with Gasteiger partial charge in [-0.25, -0.2) is 0 Å². The predicted molar refractivity (Wildman–Crippen MR) is 85.0 cm³/mol. The smallest absolute Gasteiger partial charge is 0.229 e.